The SMILES string of the molecule is CC1(C)C[C@H]1C(=O)N/C(=C\CCCCSC[C@@H](N)C(=O)O)C(=O)O.[Na+]. The van der Waals surface area contributed by atoms with E-state index in [1.54, 1.807) is 0 Å². The molecular formula is C16H26N2NaO5S+. The predicted octanol–water partition coefficient (Wildman–Crippen LogP) is -1.56. The molecule has 0 spiro atoms. The Morgan fingerprint density at radius 3 is 2.40 bits per heavy atom. The summed E-state index contributed by atoms with van der Waals surface area (Å²) >= 11 is 1.46. The van der Waals surface area contributed by atoms with E-state index in [0.29, 0.717) is 12.2 Å². The number of hydrogen-bond donors (Lipinski definition) is 4. The van der Waals surface area contributed by atoms with E-state index in [0.717, 1.165) is 25.0 Å². The molecule has 0 saturated heterocycles. The molecule has 5 N–H and O–H groups in total. The van der Waals surface area contributed by atoms with Crippen LogP contribution in [0.1, 0.15) is 39.5 Å². The van der Waals surface area contributed by atoms with Crippen molar-refractivity contribution in [1.82, 2.24) is 5.32 Å². The van der Waals surface area contributed by atoms with Gasteiger partial charge in [-0.25, -0.2) is 4.79 Å². The van der Waals surface area contributed by atoms with Crippen LogP contribution in [0.3, 0.4) is 0 Å². The van der Waals surface area contributed by atoms with Crippen LogP contribution in [-0.4, -0.2) is 45.6 Å². The van der Waals surface area contributed by atoms with Crippen molar-refractivity contribution < 1.29 is 54.2 Å². The Hall–Kier alpha value is -0.540. The molecule has 0 heterocycles. The van der Waals surface area contributed by atoms with Crippen molar-refractivity contribution in [2.45, 2.75) is 45.6 Å². The summed E-state index contributed by atoms with van der Waals surface area (Å²) in [4.78, 5) is 33.7. The van der Waals surface area contributed by atoms with Gasteiger partial charge in [-0.05, 0) is 36.9 Å². The number of amides is 1. The number of nitrogens with one attached hydrogen (secondary N) is 1. The van der Waals surface area contributed by atoms with Crippen molar-refractivity contribution in [3.63, 3.8) is 0 Å². The zero-order valence-corrected chi connectivity index (χ0v) is 17.9. The number of rotatable bonds is 11. The maximum atomic E-state index is 12.0. The molecule has 7 nitrogen and oxygen atoms in total. The third kappa shape index (κ3) is 9.10. The fourth-order valence-electron chi connectivity index (χ4n) is 2.20. The first kappa shape index (κ1) is 24.5. The van der Waals surface area contributed by atoms with E-state index in [1.807, 2.05) is 13.8 Å². The molecule has 0 aromatic carbocycles. The number of nitrogens with two attached hydrogens (primary N) is 1. The standard InChI is InChI=1S/C16H26N2O5S.Na/c1-16(2)8-10(16)13(19)18-12(15(22)23)6-4-3-5-7-24-9-11(17)14(20)21;/h6,10-11H,3-5,7-9,17H2,1-2H3,(H,18,19)(H,20,21)(H,22,23);/q;+1/b12-6-;/t10-,11+;/m0./s1. The van der Waals surface area contributed by atoms with Crippen LogP contribution in [-0.2, 0) is 14.4 Å². The summed E-state index contributed by atoms with van der Waals surface area (Å²) in [6.45, 7) is 3.96. The Kier molecular flexibility index (Phi) is 11.0. The van der Waals surface area contributed by atoms with E-state index >= 15 is 0 Å². The minimum absolute atomic E-state index is 0. The molecule has 1 saturated carbocycles. The second kappa shape index (κ2) is 11.2. The number of carbonyl (C=O) groups is 3. The first-order chi connectivity index (χ1) is 11.1. The monoisotopic (exact) mass is 381 g/mol. The summed E-state index contributed by atoms with van der Waals surface area (Å²) in [5.74, 6) is -1.37. The van der Waals surface area contributed by atoms with Gasteiger partial charge in [-0.3, -0.25) is 9.59 Å². The van der Waals surface area contributed by atoms with Crippen LogP contribution in [0.4, 0.5) is 0 Å². The Labute approximate surface area is 174 Å². The number of unbranched alkanes of at least 4 members (excludes halogenated alkanes) is 2. The third-order valence-corrected chi connectivity index (χ3v) is 5.20. The van der Waals surface area contributed by atoms with Crippen molar-refractivity contribution in [1.29, 1.82) is 0 Å². The average molecular weight is 381 g/mol. The first-order valence-corrected chi connectivity index (χ1v) is 9.11. The second-order valence-corrected chi connectivity index (χ2v) is 7.82. The largest absolute Gasteiger partial charge is 1.00 e. The summed E-state index contributed by atoms with van der Waals surface area (Å²) in [7, 11) is 0. The molecule has 0 unspecified atom stereocenters. The van der Waals surface area contributed by atoms with E-state index in [4.69, 9.17) is 15.9 Å². The Bertz CT molecular complexity index is 525. The number of hydrogen-bond acceptors (Lipinski definition) is 5. The van der Waals surface area contributed by atoms with Crippen molar-refractivity contribution in [2.75, 3.05) is 11.5 Å². The Morgan fingerprint density at radius 2 is 1.92 bits per heavy atom. The van der Waals surface area contributed by atoms with Gasteiger partial charge in [0.25, 0.3) is 0 Å². The van der Waals surface area contributed by atoms with Gasteiger partial charge < -0.3 is 21.3 Å². The predicted molar refractivity (Wildman–Crippen MR) is 92.5 cm³/mol. The second-order valence-electron chi connectivity index (χ2n) is 6.67. The van der Waals surface area contributed by atoms with Crippen LogP contribution < -0.4 is 40.6 Å². The number of carboxylic acid groups (broad SMARTS) is 2. The Morgan fingerprint density at radius 1 is 1.32 bits per heavy atom. The van der Waals surface area contributed by atoms with Gasteiger partial charge in [0.2, 0.25) is 5.91 Å². The normalized spacial score (nSPS) is 19.5. The van der Waals surface area contributed by atoms with Crippen LogP contribution in [0.2, 0.25) is 0 Å². The summed E-state index contributed by atoms with van der Waals surface area (Å²) in [6.07, 6.45) is 4.44. The zero-order valence-electron chi connectivity index (χ0n) is 15.1. The molecule has 0 aliphatic heterocycles. The average Bonchev–Trinajstić information content (AvgIpc) is 3.13. The topological polar surface area (TPSA) is 130 Å². The van der Waals surface area contributed by atoms with Crippen molar-refractivity contribution in [3.8, 4) is 0 Å². The van der Waals surface area contributed by atoms with Crippen LogP contribution in [0.25, 0.3) is 0 Å². The number of thioether (sulfide) groups is 1. The van der Waals surface area contributed by atoms with E-state index in [-0.39, 0.29) is 52.5 Å². The van der Waals surface area contributed by atoms with E-state index in [1.165, 1.54) is 17.8 Å². The van der Waals surface area contributed by atoms with Crippen molar-refractivity contribution in [2.24, 2.45) is 17.1 Å². The molecule has 1 amide bonds. The number of carbonyl (C=O) groups excluding carboxylic acids is 1. The van der Waals surface area contributed by atoms with E-state index in [2.05, 4.69) is 5.32 Å². The van der Waals surface area contributed by atoms with Crippen molar-refractivity contribution >= 4 is 29.6 Å². The smallest absolute Gasteiger partial charge is 0.480 e. The molecule has 25 heavy (non-hydrogen) atoms. The van der Waals surface area contributed by atoms with Crippen LogP contribution in [0.15, 0.2) is 11.8 Å². The van der Waals surface area contributed by atoms with Crippen LogP contribution in [0, 0.1) is 11.3 Å². The minimum Gasteiger partial charge on any atom is -0.480 e. The molecule has 136 valence electrons. The quantitative estimate of drug-likeness (QED) is 0.193. The van der Waals surface area contributed by atoms with Gasteiger partial charge in [-0.1, -0.05) is 19.9 Å². The molecular weight excluding hydrogens is 355 g/mol. The van der Waals surface area contributed by atoms with E-state index in [9.17, 15) is 14.4 Å². The minimum atomic E-state index is -1.14. The summed E-state index contributed by atoms with van der Waals surface area (Å²) in [5, 5.41) is 20.3. The maximum Gasteiger partial charge on any atom is 1.00 e. The molecule has 0 bridgehead atoms. The maximum absolute atomic E-state index is 12.0. The molecule has 0 aromatic rings. The number of allylic oxidation sites excluding steroid dienone is 1. The first-order valence-electron chi connectivity index (χ1n) is 7.95. The van der Waals surface area contributed by atoms with Gasteiger partial charge in [-0.15, -0.1) is 0 Å². The van der Waals surface area contributed by atoms with Crippen LogP contribution >= 0.6 is 11.8 Å². The van der Waals surface area contributed by atoms with Gasteiger partial charge in [0, 0.05) is 11.7 Å². The molecule has 2 atom stereocenters. The fourth-order valence-corrected chi connectivity index (χ4v) is 3.17. The Balaban J connectivity index is 0.00000576. The molecule has 1 aliphatic rings. The van der Waals surface area contributed by atoms with Gasteiger partial charge in [0.1, 0.15) is 11.7 Å². The molecule has 0 aromatic heterocycles. The van der Waals surface area contributed by atoms with Crippen LogP contribution in [0.5, 0.6) is 0 Å². The molecule has 1 rings (SSSR count). The fraction of sp³-hybridized carbons (Fsp3) is 0.688. The van der Waals surface area contributed by atoms with Gasteiger partial charge >= 0.3 is 41.5 Å². The molecule has 1 fully saturated rings. The van der Waals surface area contributed by atoms with Crippen molar-refractivity contribution in [3.05, 3.63) is 11.8 Å². The molecule has 1 aliphatic carbocycles. The molecule has 9 heteroatoms. The summed E-state index contributed by atoms with van der Waals surface area (Å²) in [5.41, 5.74) is 5.28. The van der Waals surface area contributed by atoms with Gasteiger partial charge in [-0.2, -0.15) is 11.8 Å². The van der Waals surface area contributed by atoms with Gasteiger partial charge in [0.15, 0.2) is 0 Å². The number of carboxylic acids is 2. The zero-order chi connectivity index (χ0) is 18.3. The molecule has 0 radical (unpaired) electrons. The van der Waals surface area contributed by atoms with E-state index < -0.39 is 18.0 Å². The summed E-state index contributed by atoms with van der Waals surface area (Å²) < 4.78 is 0. The summed E-state index contributed by atoms with van der Waals surface area (Å²) in [6, 6.07) is -0.851. The van der Waals surface area contributed by atoms with Gasteiger partial charge in [0.05, 0.1) is 0 Å². The third-order valence-electron chi connectivity index (χ3n) is 4.02. The number of aliphatic carboxylic acids is 2.